The quantitative estimate of drug-likeness (QED) is 0.460. The number of hydrogen-bond donors (Lipinski definition) is 0. The molecule has 0 aliphatic heterocycles. The summed E-state index contributed by atoms with van der Waals surface area (Å²) in [5.41, 5.74) is 2.55. The average molecular weight is 417 g/mol. The molecule has 2 aromatic carbocycles. The highest BCUT2D eigenvalue weighted by atomic mass is 79.9. The first-order valence-corrected chi connectivity index (χ1v) is 9.64. The molecule has 0 unspecified atom stereocenters. The molecule has 0 saturated heterocycles. The summed E-state index contributed by atoms with van der Waals surface area (Å²) < 4.78 is 13.9. The van der Waals surface area contributed by atoms with Crippen LogP contribution >= 0.6 is 15.9 Å². The van der Waals surface area contributed by atoms with E-state index >= 15 is 0 Å². The lowest BCUT2D eigenvalue weighted by Crippen LogP contribution is -1.97. The number of hydrogen-bond acceptors (Lipinski definition) is 0. The van der Waals surface area contributed by atoms with Gasteiger partial charge in [0.05, 0.1) is 0 Å². The van der Waals surface area contributed by atoms with Crippen molar-refractivity contribution >= 4 is 28.1 Å². The third-order valence-corrected chi connectivity index (χ3v) is 3.74. The van der Waals surface area contributed by atoms with E-state index in [4.69, 9.17) is 0 Å². The maximum absolute atomic E-state index is 12.8. The smallest absolute Gasteiger partial charge is 0.123 e. The van der Waals surface area contributed by atoms with Crippen LogP contribution in [0.4, 0.5) is 4.39 Å². The molecule has 26 heavy (non-hydrogen) atoms. The fourth-order valence-corrected chi connectivity index (χ4v) is 2.33. The van der Waals surface area contributed by atoms with Crippen molar-refractivity contribution in [3.05, 3.63) is 82.1 Å². The molecular weight excluding hydrogens is 387 g/mol. The second kappa shape index (κ2) is 9.87. The summed E-state index contributed by atoms with van der Waals surface area (Å²) in [6.45, 7) is 12.9. The predicted octanol–water partition coefficient (Wildman–Crippen LogP) is 8.39. The lowest BCUT2D eigenvalue weighted by Gasteiger charge is -2.10. The van der Waals surface area contributed by atoms with Gasteiger partial charge in [0.1, 0.15) is 5.82 Å². The minimum atomic E-state index is -0.184. The van der Waals surface area contributed by atoms with Gasteiger partial charge in [-0.2, -0.15) is 0 Å². The van der Waals surface area contributed by atoms with Crippen LogP contribution in [0.5, 0.6) is 0 Å². The summed E-state index contributed by atoms with van der Waals surface area (Å²) in [4.78, 5) is 0. The average Bonchev–Trinajstić information content (AvgIpc) is 2.51. The summed E-state index contributed by atoms with van der Waals surface area (Å²) >= 11 is 3.45. The van der Waals surface area contributed by atoms with Gasteiger partial charge in [0.25, 0.3) is 0 Å². The molecule has 0 heterocycles. The van der Waals surface area contributed by atoms with Crippen LogP contribution in [0.2, 0.25) is 0 Å². The lowest BCUT2D eigenvalue weighted by atomic mass is 9.95. The summed E-state index contributed by atoms with van der Waals surface area (Å²) in [5, 5.41) is 0. The topological polar surface area (TPSA) is 0 Å². The largest absolute Gasteiger partial charge is 0.207 e. The first-order chi connectivity index (χ1) is 11.9. The maximum Gasteiger partial charge on any atom is 0.123 e. The Balaban J connectivity index is 0.000000260. The van der Waals surface area contributed by atoms with Gasteiger partial charge in [-0.1, -0.05) is 106 Å². The Hall–Kier alpha value is -1.67. The molecule has 0 amide bonds. The van der Waals surface area contributed by atoms with Crippen LogP contribution in [0, 0.1) is 16.6 Å². The van der Waals surface area contributed by atoms with Crippen LogP contribution < -0.4 is 0 Å². The Morgan fingerprint density at radius 3 is 1.62 bits per heavy atom. The van der Waals surface area contributed by atoms with Crippen molar-refractivity contribution in [3.8, 4) is 0 Å². The summed E-state index contributed by atoms with van der Waals surface area (Å²) in [6, 6.07) is 14.9. The fourth-order valence-electron chi connectivity index (χ4n) is 1.91. The van der Waals surface area contributed by atoms with E-state index in [0.717, 1.165) is 10.0 Å². The third kappa shape index (κ3) is 11.0. The van der Waals surface area contributed by atoms with Crippen LogP contribution in [0.1, 0.15) is 52.7 Å². The molecule has 0 radical (unpaired) electrons. The molecule has 0 aromatic heterocycles. The Morgan fingerprint density at radius 1 is 0.731 bits per heavy atom. The van der Waals surface area contributed by atoms with E-state index < -0.39 is 0 Å². The highest BCUT2D eigenvalue weighted by Crippen LogP contribution is 2.19. The molecule has 0 saturated carbocycles. The van der Waals surface area contributed by atoms with Crippen molar-refractivity contribution < 1.29 is 4.39 Å². The van der Waals surface area contributed by atoms with Gasteiger partial charge in [-0.25, -0.2) is 4.39 Å². The highest BCUT2D eigenvalue weighted by molar-refractivity contribution is 9.10. The fraction of sp³-hybridized carbons (Fsp3) is 0.333. The van der Waals surface area contributed by atoms with Crippen molar-refractivity contribution in [1.29, 1.82) is 0 Å². The van der Waals surface area contributed by atoms with Gasteiger partial charge in [-0.05, 0) is 46.2 Å². The molecule has 2 rings (SSSR count). The normalized spacial score (nSPS) is 12.3. The number of benzene rings is 2. The zero-order chi connectivity index (χ0) is 19.8. The minimum Gasteiger partial charge on any atom is -0.207 e. The standard InChI is InChI=1S/C12H15Br.C12H15F/c2*1-12(2,3)8-7-10-5-4-6-11(13)9-10/h2*4-9H,1-3H3/b2*8-7+. The van der Waals surface area contributed by atoms with Crippen LogP contribution in [-0.2, 0) is 0 Å². The van der Waals surface area contributed by atoms with E-state index in [1.165, 1.54) is 17.7 Å². The SMILES string of the molecule is CC(C)(C)/C=C/c1cccc(Br)c1.CC(C)(C)/C=C/c1cccc(F)c1. The Morgan fingerprint density at radius 2 is 1.19 bits per heavy atom. The monoisotopic (exact) mass is 416 g/mol. The Labute approximate surface area is 167 Å². The highest BCUT2D eigenvalue weighted by Gasteiger charge is 2.04. The van der Waals surface area contributed by atoms with Gasteiger partial charge in [0, 0.05) is 4.47 Å². The molecule has 0 nitrogen and oxygen atoms in total. The van der Waals surface area contributed by atoms with Crippen LogP contribution in [-0.4, -0.2) is 0 Å². The zero-order valence-corrected chi connectivity index (χ0v) is 18.3. The van der Waals surface area contributed by atoms with Gasteiger partial charge < -0.3 is 0 Å². The van der Waals surface area contributed by atoms with E-state index in [0.29, 0.717) is 0 Å². The van der Waals surface area contributed by atoms with Crippen molar-refractivity contribution in [3.63, 3.8) is 0 Å². The maximum atomic E-state index is 12.8. The number of allylic oxidation sites excluding steroid dienone is 2. The first kappa shape index (κ1) is 22.4. The summed E-state index contributed by atoms with van der Waals surface area (Å²) in [6.07, 6.45) is 8.39. The molecule has 0 N–H and O–H groups in total. The molecule has 2 aromatic rings. The van der Waals surface area contributed by atoms with Crippen LogP contribution in [0.15, 0.2) is 65.2 Å². The molecule has 2 heteroatoms. The molecule has 0 spiro atoms. The van der Waals surface area contributed by atoms with Crippen LogP contribution in [0.25, 0.3) is 12.2 Å². The van der Waals surface area contributed by atoms with Crippen LogP contribution in [0.3, 0.4) is 0 Å². The molecule has 0 aliphatic carbocycles. The minimum absolute atomic E-state index is 0.145. The van der Waals surface area contributed by atoms with E-state index in [1.807, 2.05) is 24.3 Å². The van der Waals surface area contributed by atoms with Crippen molar-refractivity contribution in [2.75, 3.05) is 0 Å². The molecule has 0 fully saturated rings. The molecule has 0 atom stereocenters. The van der Waals surface area contributed by atoms with Gasteiger partial charge in [-0.15, -0.1) is 0 Å². The van der Waals surface area contributed by atoms with Gasteiger partial charge >= 0.3 is 0 Å². The van der Waals surface area contributed by atoms with E-state index in [9.17, 15) is 4.39 Å². The van der Waals surface area contributed by atoms with Crippen molar-refractivity contribution in [2.24, 2.45) is 10.8 Å². The van der Waals surface area contributed by atoms with Gasteiger partial charge in [-0.3, -0.25) is 0 Å². The second-order valence-electron chi connectivity index (χ2n) is 8.51. The number of halogens is 2. The van der Waals surface area contributed by atoms with E-state index in [2.05, 4.69) is 87.8 Å². The summed E-state index contributed by atoms with van der Waals surface area (Å²) in [5.74, 6) is -0.184. The Bertz CT molecular complexity index is 678. The van der Waals surface area contributed by atoms with E-state index in [-0.39, 0.29) is 16.6 Å². The molecule has 0 aliphatic rings. The van der Waals surface area contributed by atoms with Crippen molar-refractivity contribution in [1.82, 2.24) is 0 Å². The summed E-state index contributed by atoms with van der Waals surface area (Å²) in [7, 11) is 0. The third-order valence-electron chi connectivity index (χ3n) is 3.25. The van der Waals surface area contributed by atoms with Crippen molar-refractivity contribution in [2.45, 2.75) is 41.5 Å². The predicted molar refractivity (Wildman–Crippen MR) is 118 cm³/mol. The van der Waals surface area contributed by atoms with Gasteiger partial charge in [0.2, 0.25) is 0 Å². The molecule has 0 bridgehead atoms. The molecule has 140 valence electrons. The lowest BCUT2D eigenvalue weighted by molar-refractivity contribution is 0.547. The second-order valence-corrected chi connectivity index (χ2v) is 9.42. The zero-order valence-electron chi connectivity index (χ0n) is 16.7. The Kier molecular flexibility index (Phi) is 8.49. The van der Waals surface area contributed by atoms with Gasteiger partial charge in [0.15, 0.2) is 0 Å². The van der Waals surface area contributed by atoms with E-state index in [1.54, 1.807) is 6.07 Å². The first-order valence-electron chi connectivity index (χ1n) is 8.84. The molecular formula is C24H30BrF. The number of rotatable bonds is 2.